The maximum atomic E-state index is 13.0. The average molecular weight is 473 g/mol. The van der Waals surface area contributed by atoms with E-state index in [4.69, 9.17) is 4.74 Å². The minimum absolute atomic E-state index is 0.186. The van der Waals surface area contributed by atoms with Crippen LogP contribution in [0.25, 0.3) is 16.3 Å². The highest BCUT2D eigenvalue weighted by atomic mass is 32.1. The number of carbonyl (C=O) groups excluding carboxylic acids is 2. The number of amides is 1. The molecule has 2 aromatic heterocycles. The molecule has 1 aliphatic heterocycles. The Kier molecular flexibility index (Phi) is 6.40. The van der Waals surface area contributed by atoms with Crippen LogP contribution in [-0.2, 0) is 9.53 Å². The number of thiophene rings is 1. The van der Waals surface area contributed by atoms with Gasteiger partial charge >= 0.3 is 5.97 Å². The maximum Gasteiger partial charge on any atom is 0.342 e. The molecule has 0 atom stereocenters. The smallest absolute Gasteiger partial charge is 0.342 e. The number of carbonyl (C=O) groups is 2. The third kappa shape index (κ3) is 4.72. The van der Waals surface area contributed by atoms with Crippen LogP contribution in [0.4, 0.5) is 5.69 Å². The van der Waals surface area contributed by atoms with E-state index in [0.717, 1.165) is 29.3 Å². The fourth-order valence-corrected chi connectivity index (χ4v) is 4.70. The van der Waals surface area contributed by atoms with Crippen LogP contribution in [0.15, 0.2) is 84.4 Å². The molecule has 172 valence electrons. The number of para-hydroxylation sites is 2. The second kappa shape index (κ2) is 9.93. The van der Waals surface area contributed by atoms with Gasteiger partial charge in [-0.05, 0) is 35.7 Å². The summed E-state index contributed by atoms with van der Waals surface area (Å²) in [7, 11) is 0. The SMILES string of the molecule is O=C(OCC(=O)N1CCN(c2ccccc2)CC1)c1cn(-c2ccccc2)nc1-c1cccs1. The third-order valence-corrected chi connectivity index (χ3v) is 6.67. The lowest BCUT2D eigenvalue weighted by molar-refractivity contribution is -0.134. The second-order valence-corrected chi connectivity index (χ2v) is 8.88. The normalized spacial score (nSPS) is 13.6. The summed E-state index contributed by atoms with van der Waals surface area (Å²) >= 11 is 1.50. The Morgan fingerprint density at radius 3 is 2.18 bits per heavy atom. The van der Waals surface area contributed by atoms with E-state index in [1.165, 1.54) is 11.3 Å². The lowest BCUT2D eigenvalue weighted by Gasteiger charge is -2.36. The average Bonchev–Trinajstić information content (AvgIpc) is 3.59. The summed E-state index contributed by atoms with van der Waals surface area (Å²) in [4.78, 5) is 30.6. The quantitative estimate of drug-likeness (QED) is 0.395. The van der Waals surface area contributed by atoms with Gasteiger partial charge in [0.2, 0.25) is 0 Å². The first-order valence-electron chi connectivity index (χ1n) is 11.1. The molecule has 4 aromatic rings. The first-order chi connectivity index (χ1) is 16.7. The molecule has 1 amide bonds. The van der Waals surface area contributed by atoms with Crippen LogP contribution in [0, 0.1) is 0 Å². The van der Waals surface area contributed by atoms with Crippen LogP contribution in [0.5, 0.6) is 0 Å². The molecule has 0 N–H and O–H groups in total. The number of nitrogens with zero attached hydrogens (tertiary/aromatic N) is 4. The van der Waals surface area contributed by atoms with E-state index in [0.29, 0.717) is 24.3 Å². The number of esters is 1. The van der Waals surface area contributed by atoms with E-state index in [1.54, 1.807) is 15.8 Å². The monoisotopic (exact) mass is 472 g/mol. The van der Waals surface area contributed by atoms with Gasteiger partial charge in [-0.1, -0.05) is 42.5 Å². The summed E-state index contributed by atoms with van der Waals surface area (Å²) in [6.45, 7) is 2.39. The van der Waals surface area contributed by atoms with E-state index < -0.39 is 5.97 Å². The summed E-state index contributed by atoms with van der Waals surface area (Å²) in [5.41, 5.74) is 2.88. The van der Waals surface area contributed by atoms with Crippen molar-refractivity contribution in [2.45, 2.75) is 0 Å². The Bertz CT molecular complexity index is 1250. The highest BCUT2D eigenvalue weighted by molar-refractivity contribution is 7.13. The summed E-state index contributed by atoms with van der Waals surface area (Å²) in [5, 5.41) is 6.56. The van der Waals surface area contributed by atoms with E-state index in [1.807, 2.05) is 66.0 Å². The molecule has 0 spiro atoms. The van der Waals surface area contributed by atoms with E-state index >= 15 is 0 Å². The van der Waals surface area contributed by atoms with Gasteiger partial charge in [0.1, 0.15) is 11.3 Å². The van der Waals surface area contributed by atoms with E-state index in [-0.39, 0.29) is 12.5 Å². The van der Waals surface area contributed by atoms with Crippen molar-refractivity contribution in [1.82, 2.24) is 14.7 Å². The lowest BCUT2D eigenvalue weighted by atomic mass is 10.2. The molecule has 3 heterocycles. The van der Waals surface area contributed by atoms with Crippen molar-refractivity contribution in [2.75, 3.05) is 37.7 Å². The molecular weight excluding hydrogens is 448 g/mol. The molecular formula is C26H24N4O3S. The molecule has 1 aliphatic rings. The minimum Gasteiger partial charge on any atom is -0.452 e. The highest BCUT2D eigenvalue weighted by Crippen LogP contribution is 2.28. The van der Waals surface area contributed by atoms with Crippen LogP contribution >= 0.6 is 11.3 Å². The molecule has 8 heteroatoms. The van der Waals surface area contributed by atoms with Crippen LogP contribution < -0.4 is 4.90 Å². The van der Waals surface area contributed by atoms with Gasteiger partial charge in [-0.2, -0.15) is 5.10 Å². The Morgan fingerprint density at radius 1 is 0.853 bits per heavy atom. The first-order valence-corrected chi connectivity index (χ1v) is 12.0. The van der Waals surface area contributed by atoms with Gasteiger partial charge in [0.05, 0.1) is 10.6 Å². The molecule has 1 saturated heterocycles. The van der Waals surface area contributed by atoms with E-state index in [9.17, 15) is 9.59 Å². The van der Waals surface area contributed by atoms with Gasteiger partial charge in [-0.25, -0.2) is 9.48 Å². The predicted octanol–water partition coefficient (Wildman–Crippen LogP) is 4.11. The summed E-state index contributed by atoms with van der Waals surface area (Å²) in [6.07, 6.45) is 1.66. The Hall–Kier alpha value is -3.91. The van der Waals surface area contributed by atoms with Crippen molar-refractivity contribution in [2.24, 2.45) is 0 Å². The van der Waals surface area contributed by atoms with Crippen LogP contribution in [-0.4, -0.2) is 59.3 Å². The maximum absolute atomic E-state index is 13.0. The zero-order valence-corrected chi connectivity index (χ0v) is 19.4. The van der Waals surface area contributed by atoms with Gasteiger partial charge in [-0.3, -0.25) is 4.79 Å². The van der Waals surface area contributed by atoms with Crippen molar-refractivity contribution in [3.63, 3.8) is 0 Å². The first kappa shape index (κ1) is 21.9. The fourth-order valence-electron chi connectivity index (χ4n) is 3.98. The Labute approximate surface area is 201 Å². The minimum atomic E-state index is -0.554. The zero-order valence-electron chi connectivity index (χ0n) is 18.5. The molecule has 2 aromatic carbocycles. The van der Waals surface area contributed by atoms with Gasteiger partial charge in [0, 0.05) is 38.1 Å². The van der Waals surface area contributed by atoms with Crippen LogP contribution in [0.2, 0.25) is 0 Å². The summed E-state index contributed by atoms with van der Waals surface area (Å²) in [5.74, 6) is -0.740. The molecule has 5 rings (SSSR count). The summed E-state index contributed by atoms with van der Waals surface area (Å²) < 4.78 is 7.11. The molecule has 1 fully saturated rings. The number of aromatic nitrogens is 2. The number of piperazine rings is 1. The number of hydrogen-bond donors (Lipinski definition) is 0. The molecule has 34 heavy (non-hydrogen) atoms. The van der Waals surface area contributed by atoms with Gasteiger partial charge in [-0.15, -0.1) is 11.3 Å². The lowest BCUT2D eigenvalue weighted by Crippen LogP contribution is -2.49. The van der Waals surface area contributed by atoms with Crippen molar-refractivity contribution in [3.05, 3.63) is 89.9 Å². The Balaban J connectivity index is 1.24. The molecule has 0 aliphatic carbocycles. The van der Waals surface area contributed by atoms with Crippen molar-refractivity contribution in [3.8, 4) is 16.3 Å². The molecule has 0 saturated carbocycles. The predicted molar refractivity (Wildman–Crippen MR) is 132 cm³/mol. The summed E-state index contributed by atoms with van der Waals surface area (Å²) in [6, 6.07) is 23.6. The van der Waals surface area contributed by atoms with Crippen molar-refractivity contribution >= 4 is 28.9 Å². The van der Waals surface area contributed by atoms with Gasteiger partial charge in [0.15, 0.2) is 6.61 Å². The second-order valence-electron chi connectivity index (χ2n) is 7.93. The standard InChI is InChI=1S/C26H24N4O3S/c31-24(29-15-13-28(14-16-29)20-8-3-1-4-9-20)19-33-26(32)22-18-30(21-10-5-2-6-11-21)27-25(22)23-12-7-17-34-23/h1-12,17-18H,13-16,19H2. The number of benzene rings is 2. The number of anilines is 1. The molecule has 0 radical (unpaired) electrons. The largest absolute Gasteiger partial charge is 0.452 e. The number of hydrogen-bond acceptors (Lipinski definition) is 6. The topological polar surface area (TPSA) is 67.7 Å². The Morgan fingerprint density at radius 2 is 1.53 bits per heavy atom. The number of rotatable bonds is 6. The molecule has 0 unspecified atom stereocenters. The van der Waals surface area contributed by atoms with Crippen molar-refractivity contribution in [1.29, 1.82) is 0 Å². The van der Waals surface area contributed by atoms with Crippen LogP contribution in [0.1, 0.15) is 10.4 Å². The van der Waals surface area contributed by atoms with Crippen molar-refractivity contribution < 1.29 is 14.3 Å². The fraction of sp³-hybridized carbons (Fsp3) is 0.192. The number of ether oxygens (including phenoxy) is 1. The zero-order chi connectivity index (χ0) is 23.3. The van der Waals surface area contributed by atoms with E-state index in [2.05, 4.69) is 22.1 Å². The highest BCUT2D eigenvalue weighted by Gasteiger charge is 2.25. The van der Waals surface area contributed by atoms with Crippen LogP contribution in [0.3, 0.4) is 0 Å². The molecule has 0 bridgehead atoms. The van der Waals surface area contributed by atoms with Gasteiger partial charge < -0.3 is 14.5 Å². The van der Waals surface area contributed by atoms with Gasteiger partial charge in [0.25, 0.3) is 5.91 Å². The third-order valence-electron chi connectivity index (χ3n) is 5.79. The molecule has 7 nitrogen and oxygen atoms in total.